The van der Waals surface area contributed by atoms with E-state index in [1.807, 2.05) is 18.2 Å². The molecule has 0 amide bonds. The van der Waals surface area contributed by atoms with E-state index in [1.54, 1.807) is 0 Å². The molecule has 0 aromatic heterocycles. The Balaban J connectivity index is 2.12. The van der Waals surface area contributed by atoms with Crippen molar-refractivity contribution in [2.45, 2.75) is 3.74 Å². The van der Waals surface area contributed by atoms with Crippen molar-refractivity contribution in [3.05, 3.63) is 71.3 Å². The van der Waals surface area contributed by atoms with Crippen molar-refractivity contribution in [3.63, 3.8) is 0 Å². The second kappa shape index (κ2) is 6.18. The van der Waals surface area contributed by atoms with Gasteiger partial charge in [-0.25, -0.2) is 0 Å². The quantitative estimate of drug-likeness (QED) is 0.495. The molecular weight excluding hydrogens is 340 g/mol. The van der Waals surface area contributed by atoms with Crippen LogP contribution in [0.3, 0.4) is 0 Å². The molecular formula is C15H12Br2. The number of halogens is 2. The number of hydrogen-bond donors (Lipinski definition) is 0. The summed E-state index contributed by atoms with van der Waals surface area (Å²) in [4.78, 5) is 0. The Kier molecular flexibility index (Phi) is 4.57. The predicted octanol–water partition coefficient (Wildman–Crippen LogP) is 5.65. The Morgan fingerprint density at radius 2 is 1.24 bits per heavy atom. The average Bonchev–Trinajstić information content (AvgIpc) is 2.38. The van der Waals surface area contributed by atoms with E-state index in [4.69, 9.17) is 0 Å². The summed E-state index contributed by atoms with van der Waals surface area (Å²) >= 11 is 6.96. The highest BCUT2D eigenvalue weighted by Crippen LogP contribution is 2.29. The van der Waals surface area contributed by atoms with Crippen molar-refractivity contribution in [3.8, 4) is 0 Å². The first-order chi connectivity index (χ1) is 8.25. The zero-order valence-corrected chi connectivity index (χ0v) is 12.4. The summed E-state index contributed by atoms with van der Waals surface area (Å²) in [6, 6.07) is 18.8. The van der Waals surface area contributed by atoms with Crippen LogP contribution in [0.1, 0.15) is 20.4 Å². The lowest BCUT2D eigenvalue weighted by Crippen LogP contribution is -1.80. The minimum Gasteiger partial charge on any atom is -0.0712 e. The van der Waals surface area contributed by atoms with Crippen LogP contribution < -0.4 is 0 Å². The maximum absolute atomic E-state index is 3.48. The van der Waals surface area contributed by atoms with E-state index in [1.165, 1.54) is 16.7 Å². The van der Waals surface area contributed by atoms with Gasteiger partial charge in [0.05, 0.1) is 3.74 Å². The average molecular weight is 352 g/mol. The summed E-state index contributed by atoms with van der Waals surface area (Å²) in [6.45, 7) is 0. The van der Waals surface area contributed by atoms with Crippen LogP contribution >= 0.6 is 31.9 Å². The van der Waals surface area contributed by atoms with Gasteiger partial charge in [-0.05, 0) is 16.7 Å². The molecule has 0 bridgehead atoms. The van der Waals surface area contributed by atoms with Gasteiger partial charge in [-0.2, -0.15) is 0 Å². The smallest absolute Gasteiger partial charge is 0.0712 e. The van der Waals surface area contributed by atoms with Crippen molar-refractivity contribution >= 4 is 44.0 Å². The Bertz CT molecular complexity index is 484. The minimum absolute atomic E-state index is 0.224. The second-order valence-electron chi connectivity index (χ2n) is 3.71. The highest BCUT2D eigenvalue weighted by Gasteiger charge is 2.00. The van der Waals surface area contributed by atoms with Gasteiger partial charge in [0, 0.05) is 0 Å². The number of hydrogen-bond acceptors (Lipinski definition) is 0. The Morgan fingerprint density at radius 1 is 0.706 bits per heavy atom. The third kappa shape index (κ3) is 3.83. The fourth-order valence-corrected chi connectivity index (χ4v) is 2.12. The molecule has 2 heteroatoms. The fourth-order valence-electron chi connectivity index (χ4n) is 1.51. The molecule has 0 fully saturated rings. The molecule has 0 N–H and O–H groups in total. The molecule has 0 atom stereocenters. The molecule has 0 spiro atoms. The summed E-state index contributed by atoms with van der Waals surface area (Å²) in [5, 5.41) is 0. The third-order valence-corrected chi connectivity index (χ3v) is 3.51. The Morgan fingerprint density at radius 3 is 1.76 bits per heavy atom. The highest BCUT2D eigenvalue weighted by molar-refractivity contribution is 9.24. The fraction of sp³-hybridized carbons (Fsp3) is 0.0667. The first-order valence-electron chi connectivity index (χ1n) is 5.37. The third-order valence-electron chi connectivity index (χ3n) is 2.46. The monoisotopic (exact) mass is 350 g/mol. The lowest BCUT2D eigenvalue weighted by molar-refractivity contribution is 1.42. The van der Waals surface area contributed by atoms with Gasteiger partial charge in [0.15, 0.2) is 0 Å². The summed E-state index contributed by atoms with van der Waals surface area (Å²) in [5.41, 5.74) is 3.65. The largest absolute Gasteiger partial charge is 0.0946 e. The van der Waals surface area contributed by atoms with Gasteiger partial charge in [0.2, 0.25) is 0 Å². The molecule has 2 rings (SSSR count). The van der Waals surface area contributed by atoms with Crippen LogP contribution in [-0.4, -0.2) is 0 Å². The molecule has 0 nitrogen and oxygen atoms in total. The molecule has 17 heavy (non-hydrogen) atoms. The van der Waals surface area contributed by atoms with Crippen LogP contribution in [0, 0.1) is 0 Å². The van der Waals surface area contributed by atoms with Crippen LogP contribution in [0.25, 0.3) is 12.2 Å². The highest BCUT2D eigenvalue weighted by atomic mass is 79.9. The van der Waals surface area contributed by atoms with E-state index in [2.05, 4.69) is 80.4 Å². The molecule has 0 aliphatic heterocycles. The molecule has 0 saturated heterocycles. The van der Waals surface area contributed by atoms with Gasteiger partial charge in [0.25, 0.3) is 0 Å². The molecule has 0 heterocycles. The van der Waals surface area contributed by atoms with Crippen molar-refractivity contribution in [2.24, 2.45) is 0 Å². The van der Waals surface area contributed by atoms with E-state index < -0.39 is 0 Å². The Hall–Kier alpha value is -0.860. The number of alkyl halides is 2. The van der Waals surface area contributed by atoms with Gasteiger partial charge in [0.1, 0.15) is 0 Å². The molecule has 0 aliphatic rings. The zero-order chi connectivity index (χ0) is 12.1. The molecule has 2 aromatic carbocycles. The first kappa shape index (κ1) is 12.6. The van der Waals surface area contributed by atoms with Crippen molar-refractivity contribution in [2.75, 3.05) is 0 Å². The summed E-state index contributed by atoms with van der Waals surface area (Å²) in [7, 11) is 0. The van der Waals surface area contributed by atoms with Crippen LogP contribution in [0.15, 0.2) is 54.6 Å². The topological polar surface area (TPSA) is 0 Å². The molecule has 0 saturated carbocycles. The van der Waals surface area contributed by atoms with Crippen molar-refractivity contribution < 1.29 is 0 Å². The molecule has 0 unspecified atom stereocenters. The maximum atomic E-state index is 3.48. The number of rotatable bonds is 3. The van der Waals surface area contributed by atoms with Crippen LogP contribution in [0.5, 0.6) is 0 Å². The Labute approximate surface area is 119 Å². The van der Waals surface area contributed by atoms with E-state index in [9.17, 15) is 0 Å². The molecule has 0 aliphatic carbocycles. The van der Waals surface area contributed by atoms with E-state index in [-0.39, 0.29) is 3.74 Å². The normalized spacial score (nSPS) is 11.2. The van der Waals surface area contributed by atoms with Crippen molar-refractivity contribution in [1.29, 1.82) is 0 Å². The maximum Gasteiger partial charge on any atom is 0.0946 e. The van der Waals surface area contributed by atoms with E-state index >= 15 is 0 Å². The van der Waals surface area contributed by atoms with Crippen LogP contribution in [0.4, 0.5) is 0 Å². The minimum atomic E-state index is 0.224. The zero-order valence-electron chi connectivity index (χ0n) is 9.18. The molecule has 86 valence electrons. The summed E-state index contributed by atoms with van der Waals surface area (Å²) < 4.78 is 0.224. The standard InChI is InChI=1S/C15H12Br2/c16-15(17)14-10-8-13(9-11-14)7-6-12-4-2-1-3-5-12/h1-11,15H. The molecule has 2 aromatic rings. The van der Waals surface area contributed by atoms with E-state index in [0.717, 1.165) is 0 Å². The van der Waals surface area contributed by atoms with Gasteiger partial charge in [-0.3, -0.25) is 0 Å². The summed E-state index contributed by atoms with van der Waals surface area (Å²) in [5.74, 6) is 0. The predicted molar refractivity (Wildman–Crippen MR) is 82.4 cm³/mol. The van der Waals surface area contributed by atoms with Gasteiger partial charge in [-0.15, -0.1) is 0 Å². The van der Waals surface area contributed by atoms with Crippen LogP contribution in [0.2, 0.25) is 0 Å². The van der Waals surface area contributed by atoms with Crippen molar-refractivity contribution in [1.82, 2.24) is 0 Å². The lowest BCUT2D eigenvalue weighted by atomic mass is 10.1. The number of benzene rings is 2. The molecule has 0 radical (unpaired) electrons. The van der Waals surface area contributed by atoms with E-state index in [0.29, 0.717) is 0 Å². The summed E-state index contributed by atoms with van der Waals surface area (Å²) in [6.07, 6.45) is 4.24. The second-order valence-corrected chi connectivity index (χ2v) is 6.77. The first-order valence-corrected chi connectivity index (χ1v) is 7.20. The van der Waals surface area contributed by atoms with Gasteiger partial charge >= 0.3 is 0 Å². The van der Waals surface area contributed by atoms with Crippen LogP contribution in [-0.2, 0) is 0 Å². The lowest BCUT2D eigenvalue weighted by Gasteiger charge is -2.01. The SMILES string of the molecule is BrC(Br)c1ccc(C=Cc2ccccc2)cc1. The van der Waals surface area contributed by atoms with Gasteiger partial charge < -0.3 is 0 Å². The van der Waals surface area contributed by atoms with Gasteiger partial charge in [-0.1, -0.05) is 98.6 Å².